The van der Waals surface area contributed by atoms with E-state index < -0.39 is 17.9 Å². The Labute approximate surface area is 207 Å². The summed E-state index contributed by atoms with van der Waals surface area (Å²) in [5, 5.41) is 7.70. The van der Waals surface area contributed by atoms with Crippen LogP contribution in [0.25, 0.3) is 0 Å². The van der Waals surface area contributed by atoms with E-state index in [-0.39, 0.29) is 30.2 Å². The Hall–Kier alpha value is -2.98. The predicted molar refractivity (Wildman–Crippen MR) is 132 cm³/mol. The third-order valence-corrected chi connectivity index (χ3v) is 6.27. The average Bonchev–Trinajstić information content (AvgIpc) is 2.83. The van der Waals surface area contributed by atoms with Gasteiger partial charge in [-0.05, 0) is 35.4 Å². The van der Waals surface area contributed by atoms with Crippen LogP contribution in [0.15, 0.2) is 48.5 Å². The first-order chi connectivity index (χ1) is 16.4. The summed E-state index contributed by atoms with van der Waals surface area (Å²) in [6, 6.07) is 15.0. The zero-order valence-corrected chi connectivity index (χ0v) is 20.7. The molecule has 1 N–H and O–H groups in total. The van der Waals surface area contributed by atoms with Crippen molar-refractivity contribution in [1.29, 1.82) is 5.41 Å². The van der Waals surface area contributed by atoms with Crippen LogP contribution in [0.4, 0.5) is 0 Å². The number of benzene rings is 2. The number of hydrogen-bond acceptors (Lipinski definition) is 10. The third-order valence-electron chi connectivity index (χ3n) is 4.32. The first-order valence-electron chi connectivity index (χ1n) is 10.3. The molecule has 0 atom stereocenters. The Morgan fingerprint density at radius 1 is 0.676 bits per heavy atom. The molecule has 0 aliphatic rings. The second-order valence-corrected chi connectivity index (χ2v) is 8.90. The molecule has 34 heavy (non-hydrogen) atoms. The highest BCUT2D eigenvalue weighted by atomic mass is 32.2. The van der Waals surface area contributed by atoms with Gasteiger partial charge in [-0.1, -0.05) is 24.3 Å². The quantitative estimate of drug-likeness (QED) is 0.185. The van der Waals surface area contributed by atoms with Crippen LogP contribution >= 0.6 is 23.5 Å². The van der Waals surface area contributed by atoms with Gasteiger partial charge in [0.1, 0.15) is 11.5 Å². The van der Waals surface area contributed by atoms with Crippen LogP contribution in [-0.2, 0) is 35.4 Å². The van der Waals surface area contributed by atoms with Crippen molar-refractivity contribution in [3.05, 3.63) is 59.7 Å². The molecule has 0 saturated carbocycles. The van der Waals surface area contributed by atoms with Crippen molar-refractivity contribution in [2.75, 3.05) is 25.7 Å². The van der Waals surface area contributed by atoms with Gasteiger partial charge in [0.05, 0.1) is 32.1 Å². The summed E-state index contributed by atoms with van der Waals surface area (Å²) in [5.41, 5.74) is 2.05. The van der Waals surface area contributed by atoms with Crippen molar-refractivity contribution in [3.8, 4) is 11.5 Å². The number of carbonyl (C=O) groups excluding carboxylic acids is 3. The molecule has 0 bridgehead atoms. The monoisotopic (exact) mass is 505 g/mol. The molecule has 0 heterocycles. The van der Waals surface area contributed by atoms with Crippen molar-refractivity contribution in [1.82, 2.24) is 0 Å². The molecule has 0 aromatic heterocycles. The van der Waals surface area contributed by atoms with E-state index in [0.717, 1.165) is 22.6 Å². The molecule has 10 heteroatoms. The van der Waals surface area contributed by atoms with Crippen LogP contribution in [0.1, 0.15) is 24.0 Å². The van der Waals surface area contributed by atoms with E-state index in [0.29, 0.717) is 11.5 Å². The van der Waals surface area contributed by atoms with Gasteiger partial charge in [-0.2, -0.15) is 0 Å². The minimum Gasteiger partial charge on any atom is -0.497 e. The third kappa shape index (κ3) is 10.8. The van der Waals surface area contributed by atoms with Crippen LogP contribution in [0.3, 0.4) is 0 Å². The molecule has 2 aromatic carbocycles. The molecule has 0 fully saturated rings. The highest BCUT2D eigenvalue weighted by molar-refractivity contribution is 7.99. The molecule has 2 rings (SSSR count). The first-order valence-corrected chi connectivity index (χ1v) is 12.6. The number of esters is 3. The van der Waals surface area contributed by atoms with Crippen molar-refractivity contribution >= 4 is 47.3 Å². The van der Waals surface area contributed by atoms with E-state index in [2.05, 4.69) is 0 Å². The smallest absolute Gasteiger partial charge is 0.323 e. The molecule has 0 spiro atoms. The predicted octanol–water partition coefficient (Wildman–Crippen LogP) is 4.24. The lowest BCUT2D eigenvalue weighted by molar-refractivity contribution is -0.157. The van der Waals surface area contributed by atoms with E-state index in [9.17, 15) is 14.4 Å². The maximum Gasteiger partial charge on any atom is 0.323 e. The summed E-state index contributed by atoms with van der Waals surface area (Å²) in [7, 11) is 3.18. The Morgan fingerprint density at radius 2 is 1.12 bits per heavy atom. The number of ether oxygens (including phenoxy) is 4. The zero-order valence-electron chi connectivity index (χ0n) is 19.0. The number of carbonyl (C=O) groups is 3. The van der Waals surface area contributed by atoms with Gasteiger partial charge in [0.2, 0.25) is 0 Å². The maximum atomic E-state index is 11.9. The Bertz CT molecular complexity index is 883. The van der Waals surface area contributed by atoms with Gasteiger partial charge >= 0.3 is 17.9 Å². The summed E-state index contributed by atoms with van der Waals surface area (Å²) in [5.74, 6) is 0.486. The minimum atomic E-state index is -0.760. The molecule has 0 radical (unpaired) electrons. The Kier molecular flexibility index (Phi) is 12.0. The summed E-state index contributed by atoms with van der Waals surface area (Å²) in [6.45, 7) is 0. The van der Waals surface area contributed by atoms with Crippen molar-refractivity contribution < 1.29 is 33.3 Å². The number of hydrogen-bond donors (Lipinski definition) is 1. The molecule has 182 valence electrons. The minimum absolute atomic E-state index is 0.0234. The molecule has 0 aliphatic carbocycles. The molecule has 8 nitrogen and oxygen atoms in total. The van der Waals surface area contributed by atoms with E-state index in [1.54, 1.807) is 14.2 Å². The lowest BCUT2D eigenvalue weighted by Gasteiger charge is -2.07. The fourth-order valence-corrected chi connectivity index (χ4v) is 4.10. The number of thioether (sulfide) groups is 2. The van der Waals surface area contributed by atoms with Crippen molar-refractivity contribution in [2.24, 2.45) is 0 Å². The number of rotatable bonds is 13. The molecule has 0 unspecified atom stereocenters. The molecular weight excluding hydrogens is 478 g/mol. The van der Waals surface area contributed by atoms with Gasteiger partial charge in [-0.25, -0.2) is 0 Å². The second-order valence-electron chi connectivity index (χ2n) is 6.93. The highest BCUT2D eigenvalue weighted by Crippen LogP contribution is 2.18. The van der Waals surface area contributed by atoms with E-state index in [1.807, 2.05) is 48.5 Å². The standard InChI is InChI=1S/C24H27NO7S2/c1-29-19-7-3-17(4-8-19)13-33-15-23(27)31-21(25)11-12-22(26)32-24(28)16-34-14-18-5-9-20(30-2)10-6-18/h3-10,25H,11-16H2,1-2H3. The van der Waals surface area contributed by atoms with Crippen LogP contribution in [0, 0.1) is 5.41 Å². The normalized spacial score (nSPS) is 10.3. The van der Waals surface area contributed by atoms with Gasteiger partial charge in [-0.15, -0.1) is 23.5 Å². The molecule has 0 aliphatic heterocycles. The summed E-state index contributed by atoms with van der Waals surface area (Å²) >= 11 is 2.68. The van der Waals surface area contributed by atoms with Gasteiger partial charge in [0.25, 0.3) is 0 Å². The lowest BCUT2D eigenvalue weighted by atomic mass is 10.2. The number of methoxy groups -OCH3 is 2. The summed E-state index contributed by atoms with van der Waals surface area (Å²) < 4.78 is 19.8. The SMILES string of the molecule is COc1ccc(CSCC(=O)OC(=N)CCC(=O)OC(=O)CSCc2ccc(OC)cc2)cc1. The maximum absolute atomic E-state index is 11.9. The van der Waals surface area contributed by atoms with E-state index >= 15 is 0 Å². The number of nitrogens with one attached hydrogen (secondary N) is 1. The van der Waals surface area contributed by atoms with Gasteiger partial charge in [0, 0.05) is 17.9 Å². The van der Waals surface area contributed by atoms with Gasteiger partial charge in [-0.3, -0.25) is 19.8 Å². The summed E-state index contributed by atoms with van der Waals surface area (Å²) in [4.78, 5) is 35.5. The highest BCUT2D eigenvalue weighted by Gasteiger charge is 2.14. The van der Waals surface area contributed by atoms with Crippen LogP contribution < -0.4 is 9.47 Å². The molecule has 2 aromatic rings. The second kappa shape index (κ2) is 15.0. The Morgan fingerprint density at radius 3 is 1.56 bits per heavy atom. The fraction of sp³-hybridized carbons (Fsp3) is 0.333. The van der Waals surface area contributed by atoms with Crippen molar-refractivity contribution in [3.63, 3.8) is 0 Å². The molecule has 0 amide bonds. The first kappa shape index (κ1) is 27.3. The average molecular weight is 506 g/mol. The van der Waals surface area contributed by atoms with Gasteiger partial charge in [0.15, 0.2) is 5.90 Å². The summed E-state index contributed by atoms with van der Waals surface area (Å²) in [6.07, 6.45) is -0.347. The topological polar surface area (TPSA) is 112 Å². The molecular formula is C24H27NO7S2. The zero-order chi connectivity index (χ0) is 24.8. The van der Waals surface area contributed by atoms with Crippen molar-refractivity contribution in [2.45, 2.75) is 24.3 Å². The Balaban J connectivity index is 1.55. The van der Waals surface area contributed by atoms with E-state index in [4.69, 9.17) is 24.4 Å². The van der Waals surface area contributed by atoms with Crippen LogP contribution in [-0.4, -0.2) is 49.5 Å². The van der Waals surface area contributed by atoms with Crippen LogP contribution in [0.2, 0.25) is 0 Å². The molecule has 0 saturated heterocycles. The lowest BCUT2D eigenvalue weighted by Crippen LogP contribution is -2.18. The van der Waals surface area contributed by atoms with E-state index in [1.165, 1.54) is 23.5 Å². The van der Waals surface area contributed by atoms with Gasteiger partial charge < -0.3 is 18.9 Å². The van der Waals surface area contributed by atoms with Crippen LogP contribution in [0.5, 0.6) is 11.5 Å². The largest absolute Gasteiger partial charge is 0.497 e. The fourth-order valence-electron chi connectivity index (χ4n) is 2.59.